The fraction of sp³-hybridized carbons (Fsp3) is 0.235. The summed E-state index contributed by atoms with van der Waals surface area (Å²) in [7, 11) is 0. The van der Waals surface area contributed by atoms with Gasteiger partial charge < -0.3 is 15.3 Å². The van der Waals surface area contributed by atoms with Crippen molar-refractivity contribution in [3.63, 3.8) is 0 Å². The van der Waals surface area contributed by atoms with E-state index < -0.39 is 11.4 Å². The van der Waals surface area contributed by atoms with E-state index in [1.807, 2.05) is 13.0 Å². The summed E-state index contributed by atoms with van der Waals surface area (Å²) in [5, 5.41) is 28.5. The van der Waals surface area contributed by atoms with Gasteiger partial charge in [-0.15, -0.1) is 0 Å². The van der Waals surface area contributed by atoms with Crippen molar-refractivity contribution in [1.29, 1.82) is 0 Å². The standard InChI is InChI=1S/C17H18O4/c1-17(11-10-16(20)21,12-6-8-13(18)9-7-12)14-4-2-3-5-15(14)19/h2-9,18-19H,10-11H2,1H3,(H,20,21). The summed E-state index contributed by atoms with van der Waals surface area (Å²) in [5.74, 6) is -0.592. The molecule has 0 aliphatic rings. The second-order valence-electron chi connectivity index (χ2n) is 5.29. The number of carboxylic acid groups (broad SMARTS) is 1. The van der Waals surface area contributed by atoms with E-state index in [9.17, 15) is 15.0 Å². The van der Waals surface area contributed by atoms with E-state index in [2.05, 4.69) is 0 Å². The molecule has 1 unspecified atom stereocenters. The number of aromatic hydroxyl groups is 2. The molecule has 4 heteroatoms. The Bertz CT molecular complexity index is 633. The zero-order valence-corrected chi connectivity index (χ0v) is 11.8. The quantitative estimate of drug-likeness (QED) is 0.788. The largest absolute Gasteiger partial charge is 0.508 e. The Morgan fingerprint density at radius 1 is 1.05 bits per heavy atom. The van der Waals surface area contributed by atoms with Gasteiger partial charge in [0, 0.05) is 17.4 Å². The lowest BCUT2D eigenvalue weighted by Crippen LogP contribution is -2.25. The van der Waals surface area contributed by atoms with E-state index in [-0.39, 0.29) is 17.9 Å². The third-order valence-corrected chi connectivity index (χ3v) is 3.84. The minimum absolute atomic E-state index is 0.00822. The molecule has 2 aromatic carbocycles. The number of hydrogen-bond acceptors (Lipinski definition) is 3. The third-order valence-electron chi connectivity index (χ3n) is 3.84. The second-order valence-corrected chi connectivity index (χ2v) is 5.29. The van der Waals surface area contributed by atoms with Gasteiger partial charge in [0.05, 0.1) is 0 Å². The van der Waals surface area contributed by atoms with Crippen LogP contribution in [0.5, 0.6) is 11.5 Å². The van der Waals surface area contributed by atoms with Crippen molar-refractivity contribution in [3.05, 3.63) is 59.7 Å². The summed E-state index contributed by atoms with van der Waals surface area (Å²) in [4.78, 5) is 10.9. The average Bonchev–Trinajstić information content (AvgIpc) is 2.46. The van der Waals surface area contributed by atoms with Crippen molar-refractivity contribution in [2.24, 2.45) is 0 Å². The summed E-state index contributed by atoms with van der Waals surface area (Å²) in [6, 6.07) is 13.6. The van der Waals surface area contributed by atoms with E-state index in [0.29, 0.717) is 12.0 Å². The van der Waals surface area contributed by atoms with Gasteiger partial charge in [-0.05, 0) is 30.2 Å². The molecule has 2 rings (SSSR count). The molecule has 0 fully saturated rings. The molecule has 0 radical (unpaired) electrons. The van der Waals surface area contributed by atoms with Crippen molar-refractivity contribution >= 4 is 5.97 Å². The Morgan fingerprint density at radius 3 is 2.24 bits per heavy atom. The van der Waals surface area contributed by atoms with Crippen LogP contribution >= 0.6 is 0 Å². The highest BCUT2D eigenvalue weighted by atomic mass is 16.4. The van der Waals surface area contributed by atoms with Crippen LogP contribution in [0.25, 0.3) is 0 Å². The predicted octanol–water partition coefficient (Wildman–Crippen LogP) is 3.27. The zero-order valence-electron chi connectivity index (χ0n) is 11.8. The molecule has 2 aromatic rings. The number of aliphatic carboxylic acids is 1. The zero-order chi connectivity index (χ0) is 15.5. The van der Waals surface area contributed by atoms with Gasteiger partial charge >= 0.3 is 5.97 Å². The van der Waals surface area contributed by atoms with Crippen LogP contribution in [0.1, 0.15) is 30.9 Å². The van der Waals surface area contributed by atoms with Crippen molar-refractivity contribution in [2.75, 3.05) is 0 Å². The topological polar surface area (TPSA) is 77.8 Å². The molecule has 0 saturated carbocycles. The molecular formula is C17H18O4. The Hall–Kier alpha value is -2.49. The van der Waals surface area contributed by atoms with E-state index in [0.717, 1.165) is 5.56 Å². The number of para-hydroxylation sites is 1. The number of carbonyl (C=O) groups is 1. The van der Waals surface area contributed by atoms with Gasteiger partial charge in [0.2, 0.25) is 0 Å². The molecule has 110 valence electrons. The minimum atomic E-state index is -0.879. The predicted molar refractivity (Wildman–Crippen MR) is 79.5 cm³/mol. The van der Waals surface area contributed by atoms with Crippen LogP contribution < -0.4 is 0 Å². The van der Waals surface area contributed by atoms with Crippen LogP contribution in [0.3, 0.4) is 0 Å². The molecule has 21 heavy (non-hydrogen) atoms. The van der Waals surface area contributed by atoms with E-state index in [1.165, 1.54) is 0 Å². The number of carboxylic acids is 1. The summed E-state index contributed by atoms with van der Waals surface area (Å²) < 4.78 is 0. The number of hydrogen-bond donors (Lipinski definition) is 3. The molecule has 0 heterocycles. The monoisotopic (exact) mass is 286 g/mol. The summed E-state index contributed by atoms with van der Waals surface area (Å²) >= 11 is 0. The third kappa shape index (κ3) is 3.16. The first-order valence-electron chi connectivity index (χ1n) is 6.73. The Balaban J connectivity index is 2.51. The Labute approximate surface area is 123 Å². The summed E-state index contributed by atoms with van der Waals surface area (Å²) in [5.41, 5.74) is 0.886. The number of benzene rings is 2. The van der Waals surface area contributed by atoms with Crippen molar-refractivity contribution < 1.29 is 20.1 Å². The molecule has 3 N–H and O–H groups in total. The highest BCUT2D eigenvalue weighted by Crippen LogP contribution is 2.40. The maximum atomic E-state index is 10.9. The van der Waals surface area contributed by atoms with Crippen LogP contribution in [0, 0.1) is 0 Å². The SMILES string of the molecule is CC(CCC(=O)O)(c1ccc(O)cc1)c1ccccc1O. The molecule has 0 bridgehead atoms. The minimum Gasteiger partial charge on any atom is -0.508 e. The fourth-order valence-electron chi connectivity index (χ4n) is 2.56. The highest BCUT2D eigenvalue weighted by molar-refractivity contribution is 5.67. The van der Waals surface area contributed by atoms with Crippen LogP contribution in [-0.4, -0.2) is 21.3 Å². The first kappa shape index (κ1) is 14.9. The molecule has 1 atom stereocenters. The van der Waals surface area contributed by atoms with Gasteiger partial charge in [-0.2, -0.15) is 0 Å². The lowest BCUT2D eigenvalue weighted by Gasteiger charge is -2.31. The van der Waals surface area contributed by atoms with Gasteiger partial charge in [-0.3, -0.25) is 4.79 Å². The van der Waals surface area contributed by atoms with Gasteiger partial charge in [-0.25, -0.2) is 0 Å². The highest BCUT2D eigenvalue weighted by Gasteiger charge is 2.31. The second kappa shape index (κ2) is 5.87. The molecule has 0 amide bonds. The van der Waals surface area contributed by atoms with Gasteiger partial charge in [0.1, 0.15) is 11.5 Å². The molecular weight excluding hydrogens is 268 g/mol. The lowest BCUT2D eigenvalue weighted by molar-refractivity contribution is -0.137. The Kier molecular flexibility index (Phi) is 4.17. The van der Waals surface area contributed by atoms with Crippen LogP contribution in [0.4, 0.5) is 0 Å². The summed E-state index contributed by atoms with van der Waals surface area (Å²) in [6.07, 6.45) is 0.344. The molecule has 0 aromatic heterocycles. The number of rotatable bonds is 5. The van der Waals surface area contributed by atoms with Gasteiger partial charge in [-0.1, -0.05) is 37.3 Å². The molecule has 0 saturated heterocycles. The van der Waals surface area contributed by atoms with Gasteiger partial charge in [0.25, 0.3) is 0 Å². The van der Waals surface area contributed by atoms with E-state index >= 15 is 0 Å². The van der Waals surface area contributed by atoms with E-state index in [4.69, 9.17) is 5.11 Å². The smallest absolute Gasteiger partial charge is 0.303 e. The van der Waals surface area contributed by atoms with Crippen LogP contribution in [0.2, 0.25) is 0 Å². The van der Waals surface area contributed by atoms with Crippen molar-refractivity contribution in [3.8, 4) is 11.5 Å². The number of phenolic OH excluding ortho intramolecular Hbond substituents is 2. The molecule has 0 spiro atoms. The summed E-state index contributed by atoms with van der Waals surface area (Å²) in [6.45, 7) is 1.90. The first-order chi connectivity index (χ1) is 9.93. The molecule has 0 aliphatic carbocycles. The van der Waals surface area contributed by atoms with E-state index in [1.54, 1.807) is 42.5 Å². The average molecular weight is 286 g/mol. The molecule has 0 aliphatic heterocycles. The number of phenols is 2. The first-order valence-corrected chi connectivity index (χ1v) is 6.73. The van der Waals surface area contributed by atoms with Crippen molar-refractivity contribution in [2.45, 2.75) is 25.2 Å². The normalized spacial score (nSPS) is 13.6. The van der Waals surface area contributed by atoms with Gasteiger partial charge in [0.15, 0.2) is 0 Å². The van der Waals surface area contributed by atoms with Crippen LogP contribution in [0.15, 0.2) is 48.5 Å². The Morgan fingerprint density at radius 2 is 1.67 bits per heavy atom. The maximum absolute atomic E-state index is 10.9. The lowest BCUT2D eigenvalue weighted by atomic mass is 9.72. The maximum Gasteiger partial charge on any atom is 0.303 e. The molecule has 4 nitrogen and oxygen atoms in total. The van der Waals surface area contributed by atoms with Crippen molar-refractivity contribution in [1.82, 2.24) is 0 Å². The fourth-order valence-corrected chi connectivity index (χ4v) is 2.56. The van der Waals surface area contributed by atoms with Crippen LogP contribution in [-0.2, 0) is 10.2 Å².